The van der Waals surface area contributed by atoms with Crippen LogP contribution < -0.4 is 16.0 Å². The third kappa shape index (κ3) is 4.03. The van der Waals surface area contributed by atoms with Crippen molar-refractivity contribution in [2.24, 2.45) is 0 Å². The van der Waals surface area contributed by atoms with Crippen LogP contribution in [-0.2, 0) is 4.74 Å². The lowest BCUT2D eigenvalue weighted by Crippen LogP contribution is -2.37. The molecule has 1 aliphatic rings. The van der Waals surface area contributed by atoms with Crippen LogP contribution in [0.1, 0.15) is 10.4 Å². The Morgan fingerprint density at radius 3 is 2.62 bits per heavy atom. The van der Waals surface area contributed by atoms with Crippen LogP contribution in [0.15, 0.2) is 55.1 Å². The Bertz CT molecular complexity index is 1260. The summed E-state index contributed by atoms with van der Waals surface area (Å²) in [5, 5.41) is 3.78. The van der Waals surface area contributed by atoms with E-state index in [-0.39, 0.29) is 11.9 Å². The second-order valence-electron chi connectivity index (χ2n) is 7.23. The van der Waals surface area contributed by atoms with Gasteiger partial charge in [-0.3, -0.25) is 9.78 Å². The number of ether oxygens (including phenoxy) is 1. The molecule has 3 N–H and O–H groups in total. The number of aromatic nitrogens is 5. The van der Waals surface area contributed by atoms with Crippen molar-refractivity contribution in [2.75, 3.05) is 42.3 Å². The number of anilines is 3. The number of fused-ring (bicyclic) bond motifs is 1. The maximum atomic E-state index is 12.6. The van der Waals surface area contributed by atoms with Gasteiger partial charge in [0.05, 0.1) is 29.9 Å². The van der Waals surface area contributed by atoms with Gasteiger partial charge in [0.15, 0.2) is 5.82 Å². The van der Waals surface area contributed by atoms with Gasteiger partial charge in [-0.2, -0.15) is 0 Å². The van der Waals surface area contributed by atoms with Crippen molar-refractivity contribution in [1.29, 1.82) is 0 Å². The van der Waals surface area contributed by atoms with Gasteiger partial charge in [0.2, 0.25) is 5.95 Å². The van der Waals surface area contributed by atoms with Gasteiger partial charge < -0.3 is 20.7 Å². The third-order valence-corrected chi connectivity index (χ3v) is 5.10. The molecular formula is C22H20N8O2. The number of hydrogen-bond acceptors (Lipinski definition) is 9. The zero-order valence-electron chi connectivity index (χ0n) is 17.1. The molecular weight excluding hydrogens is 408 g/mol. The lowest BCUT2D eigenvalue weighted by atomic mass is 10.1. The van der Waals surface area contributed by atoms with Crippen molar-refractivity contribution in [1.82, 2.24) is 24.9 Å². The van der Waals surface area contributed by atoms with Gasteiger partial charge >= 0.3 is 0 Å². The summed E-state index contributed by atoms with van der Waals surface area (Å²) in [6.45, 7) is 2.71. The molecule has 10 heteroatoms. The minimum Gasteiger partial charge on any atom is -0.378 e. The Morgan fingerprint density at radius 2 is 1.88 bits per heavy atom. The van der Waals surface area contributed by atoms with E-state index in [0.29, 0.717) is 41.4 Å². The first kappa shape index (κ1) is 19.8. The summed E-state index contributed by atoms with van der Waals surface area (Å²) in [6, 6.07) is 9.02. The number of pyridine rings is 1. The van der Waals surface area contributed by atoms with E-state index in [4.69, 9.17) is 20.4 Å². The number of nitrogens with one attached hydrogen (secondary N) is 1. The van der Waals surface area contributed by atoms with Crippen LogP contribution in [0.25, 0.3) is 22.3 Å². The molecule has 160 valence electrons. The predicted molar refractivity (Wildman–Crippen MR) is 120 cm³/mol. The number of carbonyl (C=O) groups excluding carboxylic acids is 1. The van der Waals surface area contributed by atoms with Crippen molar-refractivity contribution in [3.63, 3.8) is 0 Å². The Labute approximate surface area is 183 Å². The van der Waals surface area contributed by atoms with Crippen LogP contribution in [0.3, 0.4) is 0 Å². The standard InChI is InChI=1S/C22H20N8O2/c23-22-25-12-15(13-26-22)19-28-18-10-16(27-21(31)14-2-1-5-24-11-14)3-4-17(18)20(29-19)30-6-8-32-9-7-30/h1-5,10-13H,6-9H2,(H,27,31)(H2,23,25,26). The molecule has 32 heavy (non-hydrogen) atoms. The van der Waals surface area contributed by atoms with E-state index in [9.17, 15) is 4.79 Å². The first-order chi connectivity index (χ1) is 15.7. The topological polar surface area (TPSA) is 132 Å². The molecule has 1 fully saturated rings. The molecule has 4 aromatic rings. The fourth-order valence-corrected chi connectivity index (χ4v) is 3.49. The van der Waals surface area contributed by atoms with Gasteiger partial charge in [-0.05, 0) is 30.3 Å². The first-order valence-corrected chi connectivity index (χ1v) is 10.1. The smallest absolute Gasteiger partial charge is 0.257 e. The highest BCUT2D eigenvalue weighted by Gasteiger charge is 2.19. The maximum absolute atomic E-state index is 12.6. The summed E-state index contributed by atoms with van der Waals surface area (Å²) in [6.07, 6.45) is 6.34. The summed E-state index contributed by atoms with van der Waals surface area (Å²) in [7, 11) is 0. The molecule has 1 saturated heterocycles. The molecule has 0 bridgehead atoms. The highest BCUT2D eigenvalue weighted by molar-refractivity contribution is 6.05. The van der Waals surface area contributed by atoms with E-state index in [1.165, 1.54) is 6.20 Å². The minimum absolute atomic E-state index is 0.184. The highest BCUT2D eigenvalue weighted by atomic mass is 16.5. The number of nitrogens with zero attached hydrogens (tertiary/aromatic N) is 6. The van der Waals surface area contributed by atoms with Crippen LogP contribution in [0, 0.1) is 0 Å². The number of nitrogen functional groups attached to an aromatic ring is 1. The van der Waals surface area contributed by atoms with Gasteiger partial charge in [0, 0.05) is 49.0 Å². The molecule has 0 radical (unpaired) electrons. The van der Waals surface area contributed by atoms with Crippen molar-refractivity contribution in [3.8, 4) is 11.4 Å². The second kappa shape index (κ2) is 8.52. The second-order valence-corrected chi connectivity index (χ2v) is 7.23. The normalized spacial score (nSPS) is 13.8. The van der Waals surface area contributed by atoms with Crippen molar-refractivity contribution in [2.45, 2.75) is 0 Å². The fraction of sp³-hybridized carbons (Fsp3) is 0.182. The van der Waals surface area contributed by atoms with Gasteiger partial charge in [-0.1, -0.05) is 0 Å². The molecule has 10 nitrogen and oxygen atoms in total. The summed E-state index contributed by atoms with van der Waals surface area (Å²) < 4.78 is 5.49. The summed E-state index contributed by atoms with van der Waals surface area (Å²) in [4.78, 5) is 36.4. The van der Waals surface area contributed by atoms with E-state index in [2.05, 4.69) is 25.2 Å². The molecule has 3 aromatic heterocycles. The molecule has 0 atom stereocenters. The van der Waals surface area contributed by atoms with Gasteiger partial charge in [0.1, 0.15) is 5.82 Å². The van der Waals surface area contributed by atoms with E-state index >= 15 is 0 Å². The third-order valence-electron chi connectivity index (χ3n) is 5.10. The Balaban J connectivity index is 1.57. The molecule has 0 unspecified atom stereocenters. The monoisotopic (exact) mass is 428 g/mol. The number of rotatable bonds is 4. The van der Waals surface area contributed by atoms with Gasteiger partial charge in [0.25, 0.3) is 5.91 Å². The predicted octanol–water partition coefficient (Wildman–Crippen LogP) is 2.15. The van der Waals surface area contributed by atoms with Crippen LogP contribution in [0.5, 0.6) is 0 Å². The van der Waals surface area contributed by atoms with Crippen molar-refractivity contribution >= 4 is 34.3 Å². The number of benzene rings is 1. The number of morpholine rings is 1. The molecule has 5 rings (SSSR count). The van der Waals surface area contributed by atoms with Crippen molar-refractivity contribution < 1.29 is 9.53 Å². The minimum atomic E-state index is -0.243. The van der Waals surface area contributed by atoms with Crippen LogP contribution >= 0.6 is 0 Å². The Morgan fingerprint density at radius 1 is 1.06 bits per heavy atom. The molecule has 0 saturated carbocycles. The van der Waals surface area contributed by atoms with Crippen LogP contribution in [-0.4, -0.2) is 57.1 Å². The number of hydrogen-bond donors (Lipinski definition) is 2. The molecule has 1 amide bonds. The Hall–Kier alpha value is -4.18. The molecule has 1 aromatic carbocycles. The molecule has 4 heterocycles. The maximum Gasteiger partial charge on any atom is 0.257 e. The average molecular weight is 428 g/mol. The molecule has 0 aliphatic carbocycles. The summed E-state index contributed by atoms with van der Waals surface area (Å²) >= 11 is 0. The number of amides is 1. The van der Waals surface area contributed by atoms with E-state index in [1.54, 1.807) is 30.7 Å². The summed E-state index contributed by atoms with van der Waals surface area (Å²) in [5.41, 5.74) is 8.07. The SMILES string of the molecule is Nc1ncc(-c2nc(N3CCOCC3)c3ccc(NC(=O)c4cccnc4)cc3n2)cn1. The van der Waals surface area contributed by atoms with Crippen LogP contribution in [0.4, 0.5) is 17.5 Å². The van der Waals surface area contributed by atoms with E-state index < -0.39 is 0 Å². The molecule has 1 aliphatic heterocycles. The lowest BCUT2D eigenvalue weighted by molar-refractivity contribution is 0.102. The Kier molecular flexibility index (Phi) is 5.26. The quantitative estimate of drug-likeness (QED) is 0.502. The van der Waals surface area contributed by atoms with Crippen LogP contribution in [0.2, 0.25) is 0 Å². The zero-order valence-corrected chi connectivity index (χ0v) is 17.1. The van der Waals surface area contributed by atoms with E-state index in [0.717, 1.165) is 24.3 Å². The van der Waals surface area contributed by atoms with Gasteiger partial charge in [-0.15, -0.1) is 0 Å². The summed E-state index contributed by atoms with van der Waals surface area (Å²) in [5.74, 6) is 1.22. The highest BCUT2D eigenvalue weighted by Crippen LogP contribution is 2.30. The fourth-order valence-electron chi connectivity index (χ4n) is 3.49. The number of carbonyl (C=O) groups is 1. The van der Waals surface area contributed by atoms with Gasteiger partial charge in [-0.25, -0.2) is 19.9 Å². The molecule has 0 spiro atoms. The van der Waals surface area contributed by atoms with Crippen molar-refractivity contribution in [3.05, 3.63) is 60.7 Å². The number of nitrogens with two attached hydrogens (primary N) is 1. The zero-order chi connectivity index (χ0) is 21.9. The lowest BCUT2D eigenvalue weighted by Gasteiger charge is -2.29. The van der Waals surface area contributed by atoms with E-state index in [1.807, 2.05) is 18.2 Å². The largest absolute Gasteiger partial charge is 0.378 e. The average Bonchev–Trinajstić information content (AvgIpc) is 2.85. The first-order valence-electron chi connectivity index (χ1n) is 10.1.